The fraction of sp³-hybridized carbons (Fsp3) is 0.400. The van der Waals surface area contributed by atoms with Crippen LogP contribution >= 0.6 is 0 Å². The average Bonchev–Trinajstić information content (AvgIpc) is 2.99. The Hall–Kier alpha value is -1.81. The van der Waals surface area contributed by atoms with Gasteiger partial charge in [0.15, 0.2) is 0 Å². The summed E-state index contributed by atoms with van der Waals surface area (Å²) in [6, 6.07) is 7.39. The number of nitrogens with zero attached hydrogens (tertiary/aromatic N) is 1. The number of hydrogen-bond donors (Lipinski definition) is 2. The Bertz CT molecular complexity index is 612. The van der Waals surface area contributed by atoms with Crippen molar-refractivity contribution >= 4 is 16.9 Å². The number of carboxylic acids is 1. The van der Waals surface area contributed by atoms with Gasteiger partial charge in [-0.05, 0) is 38.9 Å². The highest BCUT2D eigenvalue weighted by Gasteiger charge is 2.32. The third kappa shape index (κ3) is 2.02. The predicted octanol–water partition coefficient (Wildman–Crippen LogP) is 2.70. The Labute approximate surface area is 112 Å². The van der Waals surface area contributed by atoms with E-state index < -0.39 is 12.0 Å². The minimum absolute atomic E-state index is 0.529. The maximum absolute atomic E-state index is 11.7. The Balaban J connectivity index is 2.14. The minimum Gasteiger partial charge on any atom is -0.480 e. The van der Waals surface area contributed by atoms with E-state index in [0.29, 0.717) is 0 Å². The Kier molecular flexibility index (Phi) is 3.03. The molecule has 0 aliphatic carbocycles. The van der Waals surface area contributed by atoms with Gasteiger partial charge in [0.05, 0.1) is 0 Å². The van der Waals surface area contributed by atoms with E-state index in [2.05, 4.69) is 9.88 Å². The number of aliphatic carboxylic acids is 1. The Morgan fingerprint density at radius 3 is 2.68 bits per heavy atom. The molecule has 1 aliphatic rings. The zero-order chi connectivity index (χ0) is 13.4. The number of benzene rings is 1. The molecule has 1 aromatic carbocycles. The molecule has 0 radical (unpaired) electrons. The van der Waals surface area contributed by atoms with Crippen molar-refractivity contribution in [1.29, 1.82) is 0 Å². The van der Waals surface area contributed by atoms with Crippen molar-refractivity contribution < 1.29 is 9.90 Å². The lowest BCUT2D eigenvalue weighted by Gasteiger charge is -2.24. The molecule has 0 amide bonds. The molecule has 0 spiro atoms. The van der Waals surface area contributed by atoms with E-state index in [1.54, 1.807) is 0 Å². The molecule has 1 aliphatic heterocycles. The molecule has 1 aromatic heterocycles. The van der Waals surface area contributed by atoms with E-state index in [4.69, 9.17) is 0 Å². The van der Waals surface area contributed by atoms with Gasteiger partial charge < -0.3 is 10.1 Å². The third-order valence-electron chi connectivity index (χ3n) is 3.96. The number of carboxylic acid groups (broad SMARTS) is 1. The molecule has 2 heterocycles. The van der Waals surface area contributed by atoms with Crippen LogP contribution in [0.1, 0.15) is 30.1 Å². The molecule has 0 bridgehead atoms. The molecule has 1 atom stereocenters. The second-order valence-electron chi connectivity index (χ2n) is 5.19. The van der Waals surface area contributed by atoms with Crippen LogP contribution in [-0.2, 0) is 4.79 Å². The lowest BCUT2D eigenvalue weighted by molar-refractivity contribution is -0.143. The van der Waals surface area contributed by atoms with E-state index in [0.717, 1.165) is 48.1 Å². The van der Waals surface area contributed by atoms with Crippen molar-refractivity contribution in [2.75, 3.05) is 13.1 Å². The number of aromatic nitrogens is 1. The topological polar surface area (TPSA) is 56.3 Å². The van der Waals surface area contributed by atoms with E-state index in [1.807, 2.05) is 31.2 Å². The van der Waals surface area contributed by atoms with Crippen molar-refractivity contribution in [3.8, 4) is 0 Å². The number of nitrogens with one attached hydrogen (secondary N) is 1. The zero-order valence-electron chi connectivity index (χ0n) is 11.0. The molecule has 0 saturated carbocycles. The lowest BCUT2D eigenvalue weighted by atomic mass is 10.0. The monoisotopic (exact) mass is 258 g/mol. The van der Waals surface area contributed by atoms with E-state index >= 15 is 0 Å². The number of rotatable bonds is 3. The molecule has 4 nitrogen and oxygen atoms in total. The SMILES string of the molecule is Cc1[nH]c2ccccc2c1[C@H](C(=O)O)N1CCCC1. The highest BCUT2D eigenvalue weighted by Crippen LogP contribution is 2.33. The number of hydrogen-bond acceptors (Lipinski definition) is 2. The summed E-state index contributed by atoms with van der Waals surface area (Å²) in [7, 11) is 0. The van der Waals surface area contributed by atoms with Gasteiger partial charge in [-0.25, -0.2) is 0 Å². The second-order valence-corrected chi connectivity index (χ2v) is 5.19. The van der Waals surface area contributed by atoms with Gasteiger partial charge in [0.2, 0.25) is 0 Å². The summed E-state index contributed by atoms with van der Waals surface area (Å²) < 4.78 is 0. The average molecular weight is 258 g/mol. The molecule has 100 valence electrons. The van der Waals surface area contributed by atoms with Gasteiger partial charge in [0.25, 0.3) is 0 Å². The second kappa shape index (κ2) is 4.70. The van der Waals surface area contributed by atoms with Gasteiger partial charge in [0, 0.05) is 22.2 Å². The molecule has 1 saturated heterocycles. The van der Waals surface area contributed by atoms with Crippen LogP contribution in [0.5, 0.6) is 0 Å². The summed E-state index contributed by atoms with van der Waals surface area (Å²) in [5, 5.41) is 10.7. The van der Waals surface area contributed by atoms with Crippen LogP contribution in [0.3, 0.4) is 0 Å². The number of para-hydroxylation sites is 1. The molecular formula is C15H18N2O2. The molecule has 4 heteroatoms. The van der Waals surface area contributed by atoms with Crippen LogP contribution in [0.4, 0.5) is 0 Å². The van der Waals surface area contributed by atoms with E-state index in [9.17, 15) is 9.90 Å². The summed E-state index contributed by atoms with van der Waals surface area (Å²) in [5.41, 5.74) is 2.89. The van der Waals surface area contributed by atoms with Crippen molar-refractivity contribution in [3.63, 3.8) is 0 Å². The molecular weight excluding hydrogens is 240 g/mol. The highest BCUT2D eigenvalue weighted by atomic mass is 16.4. The molecule has 19 heavy (non-hydrogen) atoms. The van der Waals surface area contributed by atoms with Crippen LogP contribution in [0.15, 0.2) is 24.3 Å². The van der Waals surface area contributed by atoms with Crippen LogP contribution < -0.4 is 0 Å². The van der Waals surface area contributed by atoms with Crippen molar-refractivity contribution in [2.45, 2.75) is 25.8 Å². The quantitative estimate of drug-likeness (QED) is 0.890. The zero-order valence-corrected chi connectivity index (χ0v) is 11.0. The first-order valence-corrected chi connectivity index (χ1v) is 6.72. The first kappa shape index (κ1) is 12.2. The summed E-state index contributed by atoms with van der Waals surface area (Å²) in [5.74, 6) is -0.755. The van der Waals surface area contributed by atoms with Crippen LogP contribution in [-0.4, -0.2) is 34.0 Å². The first-order chi connectivity index (χ1) is 9.18. The number of aromatic amines is 1. The largest absolute Gasteiger partial charge is 0.480 e. The van der Waals surface area contributed by atoms with Crippen LogP contribution in [0.2, 0.25) is 0 Å². The Morgan fingerprint density at radius 1 is 1.32 bits per heavy atom. The third-order valence-corrected chi connectivity index (χ3v) is 3.96. The smallest absolute Gasteiger partial charge is 0.325 e. The maximum atomic E-state index is 11.7. The lowest BCUT2D eigenvalue weighted by Crippen LogP contribution is -2.32. The van der Waals surface area contributed by atoms with Crippen LogP contribution in [0.25, 0.3) is 10.9 Å². The van der Waals surface area contributed by atoms with Gasteiger partial charge in [-0.1, -0.05) is 18.2 Å². The summed E-state index contributed by atoms with van der Waals surface area (Å²) in [4.78, 5) is 17.1. The Morgan fingerprint density at radius 2 is 2.00 bits per heavy atom. The predicted molar refractivity (Wildman–Crippen MR) is 74.2 cm³/mol. The van der Waals surface area contributed by atoms with Gasteiger partial charge >= 0.3 is 5.97 Å². The normalized spacial score (nSPS) is 17.9. The number of carbonyl (C=O) groups is 1. The van der Waals surface area contributed by atoms with Crippen molar-refractivity contribution in [1.82, 2.24) is 9.88 Å². The number of fused-ring (bicyclic) bond motifs is 1. The number of H-pyrrole nitrogens is 1. The standard InChI is InChI=1S/C15H18N2O2/c1-10-13(11-6-2-3-7-12(11)16-10)14(15(18)19)17-8-4-5-9-17/h2-3,6-7,14,16H,4-5,8-9H2,1H3,(H,18,19)/t14-/m1/s1. The molecule has 0 unspecified atom stereocenters. The maximum Gasteiger partial charge on any atom is 0.325 e. The fourth-order valence-corrected chi connectivity index (χ4v) is 3.11. The van der Waals surface area contributed by atoms with Gasteiger partial charge in [-0.15, -0.1) is 0 Å². The molecule has 2 N–H and O–H groups in total. The van der Waals surface area contributed by atoms with Gasteiger partial charge in [-0.3, -0.25) is 9.69 Å². The summed E-state index contributed by atoms with van der Waals surface area (Å²) in [6.07, 6.45) is 2.18. The fourth-order valence-electron chi connectivity index (χ4n) is 3.11. The summed E-state index contributed by atoms with van der Waals surface area (Å²) in [6.45, 7) is 3.70. The molecule has 2 aromatic rings. The minimum atomic E-state index is -0.755. The van der Waals surface area contributed by atoms with Crippen LogP contribution in [0, 0.1) is 6.92 Å². The van der Waals surface area contributed by atoms with Gasteiger partial charge in [-0.2, -0.15) is 0 Å². The van der Waals surface area contributed by atoms with Crippen molar-refractivity contribution in [3.05, 3.63) is 35.5 Å². The highest BCUT2D eigenvalue weighted by molar-refractivity contribution is 5.90. The number of aryl methyl sites for hydroxylation is 1. The first-order valence-electron chi connectivity index (χ1n) is 6.72. The van der Waals surface area contributed by atoms with E-state index in [-0.39, 0.29) is 0 Å². The number of likely N-dealkylation sites (tertiary alicyclic amines) is 1. The summed E-state index contributed by atoms with van der Waals surface area (Å²) >= 11 is 0. The van der Waals surface area contributed by atoms with Gasteiger partial charge in [0.1, 0.15) is 6.04 Å². The van der Waals surface area contributed by atoms with Crippen molar-refractivity contribution in [2.24, 2.45) is 0 Å². The van der Waals surface area contributed by atoms with E-state index in [1.165, 1.54) is 0 Å². The molecule has 3 rings (SSSR count). The molecule has 1 fully saturated rings.